The highest BCUT2D eigenvalue weighted by Crippen LogP contribution is 2.41. The monoisotopic (exact) mass is 590 g/mol. The molecule has 4 heteroatoms. The number of fused-ring (bicyclic) bond motifs is 8. The molecule has 3 heterocycles. The number of furan rings is 1. The molecule has 216 valence electrons. The van der Waals surface area contributed by atoms with Gasteiger partial charge in [-0.2, -0.15) is 0 Å². The van der Waals surface area contributed by atoms with Crippen LogP contribution in [0.15, 0.2) is 155 Å². The summed E-state index contributed by atoms with van der Waals surface area (Å²) < 4.78 is 15.5. The second kappa shape index (κ2) is 9.68. The highest BCUT2D eigenvalue weighted by atomic mass is 16.5. The number of para-hydroxylation sites is 3. The molecular formula is C42H26N2O2. The number of benzene rings is 7. The van der Waals surface area contributed by atoms with Gasteiger partial charge in [0.2, 0.25) is 0 Å². The Morgan fingerprint density at radius 1 is 0.565 bits per heavy atom. The molecule has 0 aliphatic carbocycles. The average Bonchev–Trinajstić information content (AvgIpc) is 3.79. The van der Waals surface area contributed by atoms with Gasteiger partial charge >= 0.3 is 0 Å². The molecule has 1 aliphatic rings. The van der Waals surface area contributed by atoms with Crippen LogP contribution >= 0.6 is 0 Å². The Morgan fingerprint density at radius 2 is 1.37 bits per heavy atom. The third-order valence-corrected chi connectivity index (χ3v) is 9.26. The van der Waals surface area contributed by atoms with E-state index in [0.717, 1.165) is 89.7 Å². The van der Waals surface area contributed by atoms with Gasteiger partial charge in [0.1, 0.15) is 16.9 Å². The van der Waals surface area contributed by atoms with Crippen molar-refractivity contribution >= 4 is 65.9 Å². The van der Waals surface area contributed by atoms with Crippen LogP contribution in [0, 0.1) is 0 Å². The number of ether oxygens (including phenoxy) is 1. The Bertz CT molecular complexity index is 2710. The lowest BCUT2D eigenvalue weighted by atomic mass is 10.0. The highest BCUT2D eigenvalue weighted by molar-refractivity contribution is 6.17. The van der Waals surface area contributed by atoms with Crippen molar-refractivity contribution in [2.75, 3.05) is 0 Å². The first-order chi connectivity index (χ1) is 22.8. The van der Waals surface area contributed by atoms with Gasteiger partial charge in [-0.3, -0.25) is 4.99 Å². The fourth-order valence-electron chi connectivity index (χ4n) is 7.06. The van der Waals surface area contributed by atoms with Crippen molar-refractivity contribution in [2.24, 2.45) is 4.99 Å². The summed E-state index contributed by atoms with van der Waals surface area (Å²) in [6, 6.07) is 50.8. The van der Waals surface area contributed by atoms with Crippen molar-refractivity contribution in [1.82, 2.24) is 4.57 Å². The van der Waals surface area contributed by atoms with Gasteiger partial charge in [0.25, 0.3) is 0 Å². The molecule has 1 aliphatic heterocycles. The summed E-state index contributed by atoms with van der Waals surface area (Å²) in [5.74, 6) is 1.57. The van der Waals surface area contributed by atoms with Crippen LogP contribution in [0.5, 0.6) is 11.5 Å². The molecule has 10 rings (SSSR count). The van der Waals surface area contributed by atoms with Crippen molar-refractivity contribution in [3.63, 3.8) is 0 Å². The standard InChI is InChI=1S/C42H26N2O2/c1-2-10-27-21-30(19-17-26(27)9-1)45-41-20-18-29(36-22-28-11-3-6-14-35(28)43-36)23-39(41)44-37-15-7-4-12-31(37)33-25-42-34(24-38(33)44)32-13-5-8-16-40(32)46-42/h1-21,23-25H,22H2. The van der Waals surface area contributed by atoms with E-state index in [9.17, 15) is 0 Å². The van der Waals surface area contributed by atoms with Gasteiger partial charge in [0.05, 0.1) is 28.1 Å². The van der Waals surface area contributed by atoms with Crippen molar-refractivity contribution in [3.05, 3.63) is 157 Å². The zero-order valence-corrected chi connectivity index (χ0v) is 24.8. The number of rotatable bonds is 4. The number of aromatic nitrogens is 1. The molecule has 9 aromatic rings. The number of hydrogen-bond donors (Lipinski definition) is 0. The maximum absolute atomic E-state index is 6.78. The van der Waals surface area contributed by atoms with Crippen LogP contribution in [0.25, 0.3) is 60.2 Å². The first kappa shape index (κ1) is 25.2. The van der Waals surface area contributed by atoms with Gasteiger partial charge in [0.15, 0.2) is 5.75 Å². The minimum Gasteiger partial charge on any atom is -0.456 e. The van der Waals surface area contributed by atoms with E-state index in [1.165, 1.54) is 10.9 Å². The van der Waals surface area contributed by atoms with Gasteiger partial charge in [0, 0.05) is 28.0 Å². The zero-order valence-electron chi connectivity index (χ0n) is 24.8. The van der Waals surface area contributed by atoms with Crippen LogP contribution in [0.3, 0.4) is 0 Å². The van der Waals surface area contributed by atoms with Crippen LogP contribution in [0.1, 0.15) is 11.1 Å². The van der Waals surface area contributed by atoms with Crippen molar-refractivity contribution in [3.8, 4) is 17.2 Å². The second-order valence-corrected chi connectivity index (χ2v) is 12.0. The summed E-state index contributed by atoms with van der Waals surface area (Å²) in [7, 11) is 0. The molecule has 0 atom stereocenters. The molecule has 0 spiro atoms. The van der Waals surface area contributed by atoms with E-state index in [0.29, 0.717) is 0 Å². The van der Waals surface area contributed by atoms with Crippen LogP contribution < -0.4 is 4.74 Å². The maximum Gasteiger partial charge on any atom is 0.151 e. The fourth-order valence-corrected chi connectivity index (χ4v) is 7.06. The molecule has 7 aromatic carbocycles. The quantitative estimate of drug-likeness (QED) is 0.205. The lowest BCUT2D eigenvalue weighted by Crippen LogP contribution is -2.04. The number of aliphatic imine (C=N–C) groups is 1. The largest absolute Gasteiger partial charge is 0.456 e. The van der Waals surface area contributed by atoms with E-state index in [-0.39, 0.29) is 0 Å². The predicted octanol–water partition coefficient (Wildman–Crippen LogP) is 11.3. The molecule has 4 nitrogen and oxygen atoms in total. The van der Waals surface area contributed by atoms with Gasteiger partial charge in [-0.05, 0) is 82.6 Å². The summed E-state index contributed by atoms with van der Waals surface area (Å²) in [5, 5.41) is 6.82. The summed E-state index contributed by atoms with van der Waals surface area (Å²) in [4.78, 5) is 5.04. The third kappa shape index (κ3) is 3.83. The highest BCUT2D eigenvalue weighted by Gasteiger charge is 2.22. The Balaban J connectivity index is 1.24. The normalized spacial score (nSPS) is 12.8. The molecule has 46 heavy (non-hydrogen) atoms. The third-order valence-electron chi connectivity index (χ3n) is 9.26. The van der Waals surface area contributed by atoms with Crippen molar-refractivity contribution in [1.29, 1.82) is 0 Å². The Kier molecular flexibility index (Phi) is 5.31. The summed E-state index contributed by atoms with van der Waals surface area (Å²) in [6.45, 7) is 0. The first-order valence-electron chi connectivity index (χ1n) is 15.6. The molecule has 0 radical (unpaired) electrons. The minimum absolute atomic E-state index is 0.773. The first-order valence-corrected chi connectivity index (χ1v) is 15.6. The van der Waals surface area contributed by atoms with Crippen LogP contribution in [-0.4, -0.2) is 10.3 Å². The molecule has 2 aromatic heterocycles. The number of nitrogens with zero attached hydrogens (tertiary/aromatic N) is 2. The molecule has 0 unspecified atom stereocenters. The van der Waals surface area contributed by atoms with E-state index >= 15 is 0 Å². The molecule has 0 bridgehead atoms. The van der Waals surface area contributed by atoms with Gasteiger partial charge in [-0.15, -0.1) is 0 Å². The molecular weight excluding hydrogens is 564 g/mol. The summed E-state index contributed by atoms with van der Waals surface area (Å²) in [6.07, 6.45) is 0.801. The number of hydrogen-bond acceptors (Lipinski definition) is 3. The lowest BCUT2D eigenvalue weighted by Gasteiger charge is -2.16. The summed E-state index contributed by atoms with van der Waals surface area (Å²) in [5.41, 5.74) is 9.37. The second-order valence-electron chi connectivity index (χ2n) is 12.0. The summed E-state index contributed by atoms with van der Waals surface area (Å²) >= 11 is 0. The fraction of sp³-hybridized carbons (Fsp3) is 0.0238. The Morgan fingerprint density at radius 3 is 2.30 bits per heavy atom. The average molecular weight is 591 g/mol. The maximum atomic E-state index is 6.78. The zero-order chi connectivity index (χ0) is 30.2. The lowest BCUT2D eigenvalue weighted by molar-refractivity contribution is 0.481. The van der Waals surface area contributed by atoms with Gasteiger partial charge in [-0.25, -0.2) is 0 Å². The van der Waals surface area contributed by atoms with E-state index in [1.54, 1.807) is 0 Å². The Labute approximate surface area is 264 Å². The molecule has 0 fully saturated rings. The SMILES string of the molecule is c1ccc2c(c1)CC(c1ccc(Oc3ccc4ccccc4c3)c(-n3c4ccccc4c4cc5oc6ccccc6c5cc43)c1)=N2. The van der Waals surface area contributed by atoms with E-state index in [1.807, 2.05) is 18.2 Å². The van der Waals surface area contributed by atoms with E-state index in [2.05, 4.69) is 132 Å². The minimum atomic E-state index is 0.773. The van der Waals surface area contributed by atoms with Crippen LogP contribution in [-0.2, 0) is 6.42 Å². The Hall–Kier alpha value is -6.13. The predicted molar refractivity (Wildman–Crippen MR) is 188 cm³/mol. The molecule has 0 saturated heterocycles. The van der Waals surface area contributed by atoms with Crippen molar-refractivity contribution < 1.29 is 9.15 Å². The topological polar surface area (TPSA) is 39.7 Å². The van der Waals surface area contributed by atoms with E-state index in [4.69, 9.17) is 14.1 Å². The van der Waals surface area contributed by atoms with Crippen molar-refractivity contribution in [2.45, 2.75) is 6.42 Å². The van der Waals surface area contributed by atoms with E-state index < -0.39 is 0 Å². The van der Waals surface area contributed by atoms with Crippen LogP contribution in [0.2, 0.25) is 0 Å². The smallest absolute Gasteiger partial charge is 0.151 e. The van der Waals surface area contributed by atoms with Gasteiger partial charge < -0.3 is 13.7 Å². The van der Waals surface area contributed by atoms with Gasteiger partial charge in [-0.1, -0.05) is 84.9 Å². The molecule has 0 saturated carbocycles. The molecule has 0 amide bonds. The molecule has 0 N–H and O–H groups in total. The van der Waals surface area contributed by atoms with Crippen LogP contribution in [0.4, 0.5) is 5.69 Å².